The molecule has 2 N–H and O–H groups in total. The molecule has 88 valence electrons. The molecule has 0 aromatic heterocycles. The summed E-state index contributed by atoms with van der Waals surface area (Å²) < 4.78 is 4.74. The van der Waals surface area contributed by atoms with Crippen LogP contribution in [0.3, 0.4) is 0 Å². The molecule has 0 bridgehead atoms. The second-order valence-electron chi connectivity index (χ2n) is 4.43. The Bertz CT molecular complexity index is 217. The molecule has 1 saturated carbocycles. The number of carbonyl (C=O) groups is 1. The highest BCUT2D eigenvalue weighted by Crippen LogP contribution is 2.32. The summed E-state index contributed by atoms with van der Waals surface area (Å²) in [6, 6.07) is 0. The van der Waals surface area contributed by atoms with Gasteiger partial charge in [-0.1, -0.05) is 6.92 Å². The maximum Gasteiger partial charge on any atom is 0.308 e. The molecular weight excluding hydrogens is 196 g/mol. The predicted molar refractivity (Wildman–Crippen MR) is 55.1 cm³/mol. The Morgan fingerprint density at radius 1 is 1.47 bits per heavy atom. The van der Waals surface area contributed by atoms with Crippen molar-refractivity contribution in [3.05, 3.63) is 0 Å². The van der Waals surface area contributed by atoms with Crippen LogP contribution in [0, 0.1) is 17.8 Å². The summed E-state index contributed by atoms with van der Waals surface area (Å²) in [7, 11) is 1.39. The standard InChI is InChI=1S/C11H20O4/c1-7-5-10(13)8(6-12)3-4-9(7)11(14)15-2/h7-10,12-13H,3-6H2,1-2H3/t7-,8-,9-,10+/m0/s1. The van der Waals surface area contributed by atoms with Crippen LogP contribution in [0.1, 0.15) is 26.2 Å². The van der Waals surface area contributed by atoms with Crippen LogP contribution in [0.2, 0.25) is 0 Å². The summed E-state index contributed by atoms with van der Waals surface area (Å²) in [4.78, 5) is 11.5. The van der Waals surface area contributed by atoms with Crippen molar-refractivity contribution in [2.45, 2.75) is 32.3 Å². The van der Waals surface area contributed by atoms with E-state index < -0.39 is 6.10 Å². The van der Waals surface area contributed by atoms with Crippen molar-refractivity contribution >= 4 is 5.97 Å². The molecule has 0 spiro atoms. The van der Waals surface area contributed by atoms with Gasteiger partial charge in [0.15, 0.2) is 0 Å². The first-order chi connectivity index (χ1) is 7.10. The number of aliphatic hydroxyl groups is 2. The summed E-state index contributed by atoms with van der Waals surface area (Å²) in [6.45, 7) is 1.94. The summed E-state index contributed by atoms with van der Waals surface area (Å²) >= 11 is 0. The summed E-state index contributed by atoms with van der Waals surface area (Å²) in [5, 5.41) is 18.9. The molecule has 0 aliphatic heterocycles. The van der Waals surface area contributed by atoms with E-state index in [4.69, 9.17) is 9.84 Å². The minimum absolute atomic E-state index is 0.0121. The smallest absolute Gasteiger partial charge is 0.308 e. The summed E-state index contributed by atoms with van der Waals surface area (Å²) in [5.74, 6) is -0.319. The minimum atomic E-state index is -0.500. The number of hydrogen-bond donors (Lipinski definition) is 2. The second-order valence-corrected chi connectivity index (χ2v) is 4.43. The third-order valence-electron chi connectivity index (χ3n) is 3.43. The predicted octanol–water partition coefficient (Wildman–Crippen LogP) is 0.565. The zero-order valence-electron chi connectivity index (χ0n) is 9.35. The number of esters is 1. The van der Waals surface area contributed by atoms with Crippen LogP contribution in [0.15, 0.2) is 0 Å². The lowest BCUT2D eigenvalue weighted by molar-refractivity contribution is -0.147. The molecule has 4 atom stereocenters. The van der Waals surface area contributed by atoms with Crippen LogP contribution in [0.25, 0.3) is 0 Å². The van der Waals surface area contributed by atoms with Crippen molar-refractivity contribution in [2.75, 3.05) is 13.7 Å². The second kappa shape index (κ2) is 5.47. The van der Waals surface area contributed by atoms with Gasteiger partial charge in [0.1, 0.15) is 0 Å². The maximum atomic E-state index is 11.5. The van der Waals surface area contributed by atoms with E-state index in [1.807, 2.05) is 6.92 Å². The molecule has 0 saturated heterocycles. The molecule has 1 rings (SSSR count). The zero-order valence-corrected chi connectivity index (χ0v) is 9.35. The quantitative estimate of drug-likeness (QED) is 0.523. The van der Waals surface area contributed by atoms with Gasteiger partial charge in [-0.15, -0.1) is 0 Å². The number of methoxy groups -OCH3 is 1. The van der Waals surface area contributed by atoms with Crippen molar-refractivity contribution in [3.63, 3.8) is 0 Å². The van der Waals surface area contributed by atoms with Gasteiger partial charge in [-0.2, -0.15) is 0 Å². The van der Waals surface area contributed by atoms with Gasteiger partial charge in [-0.3, -0.25) is 4.79 Å². The Balaban J connectivity index is 2.66. The van der Waals surface area contributed by atoms with E-state index in [2.05, 4.69) is 0 Å². The van der Waals surface area contributed by atoms with Crippen molar-refractivity contribution < 1.29 is 19.7 Å². The largest absolute Gasteiger partial charge is 0.469 e. The number of carbonyl (C=O) groups excluding carboxylic acids is 1. The van der Waals surface area contributed by atoms with Crippen LogP contribution >= 0.6 is 0 Å². The average Bonchev–Trinajstić information content (AvgIpc) is 2.35. The van der Waals surface area contributed by atoms with Crippen molar-refractivity contribution in [1.82, 2.24) is 0 Å². The van der Waals surface area contributed by atoms with E-state index in [0.29, 0.717) is 19.3 Å². The molecule has 0 aromatic rings. The Morgan fingerprint density at radius 3 is 2.67 bits per heavy atom. The maximum absolute atomic E-state index is 11.5. The topological polar surface area (TPSA) is 66.8 Å². The molecule has 15 heavy (non-hydrogen) atoms. The van der Waals surface area contributed by atoms with Gasteiger partial charge in [0, 0.05) is 12.5 Å². The molecule has 1 aliphatic carbocycles. The van der Waals surface area contributed by atoms with Gasteiger partial charge < -0.3 is 14.9 Å². The Kier molecular flexibility index (Phi) is 4.54. The van der Waals surface area contributed by atoms with Crippen LogP contribution in [-0.4, -0.2) is 36.0 Å². The van der Waals surface area contributed by atoms with E-state index in [9.17, 15) is 9.90 Å². The van der Waals surface area contributed by atoms with Crippen LogP contribution in [0.4, 0.5) is 0 Å². The lowest BCUT2D eigenvalue weighted by Gasteiger charge is -2.20. The lowest BCUT2D eigenvalue weighted by Crippen LogP contribution is -2.25. The fraction of sp³-hybridized carbons (Fsp3) is 0.909. The molecule has 0 aromatic carbocycles. The SMILES string of the molecule is COC(=O)[C@H]1CC[C@@H](CO)[C@H](O)C[C@@H]1C. The third kappa shape index (κ3) is 2.92. The lowest BCUT2D eigenvalue weighted by atomic mass is 9.89. The highest BCUT2D eigenvalue weighted by atomic mass is 16.5. The van der Waals surface area contributed by atoms with E-state index in [-0.39, 0.29) is 30.3 Å². The van der Waals surface area contributed by atoms with Crippen molar-refractivity contribution in [2.24, 2.45) is 17.8 Å². The summed E-state index contributed by atoms with van der Waals surface area (Å²) in [6.07, 6.45) is 1.43. The first kappa shape index (κ1) is 12.5. The van der Waals surface area contributed by atoms with Crippen LogP contribution < -0.4 is 0 Å². The molecular formula is C11H20O4. The zero-order chi connectivity index (χ0) is 11.4. The van der Waals surface area contributed by atoms with Gasteiger partial charge in [0.05, 0.1) is 19.1 Å². The molecule has 0 amide bonds. The van der Waals surface area contributed by atoms with Gasteiger partial charge in [-0.05, 0) is 25.2 Å². The number of hydrogen-bond acceptors (Lipinski definition) is 4. The molecule has 1 fully saturated rings. The van der Waals surface area contributed by atoms with E-state index in [1.165, 1.54) is 7.11 Å². The highest BCUT2D eigenvalue weighted by Gasteiger charge is 2.34. The first-order valence-electron chi connectivity index (χ1n) is 5.46. The van der Waals surface area contributed by atoms with E-state index >= 15 is 0 Å². The Labute approximate surface area is 90.2 Å². The van der Waals surface area contributed by atoms with Crippen LogP contribution in [0.5, 0.6) is 0 Å². The molecule has 4 nitrogen and oxygen atoms in total. The van der Waals surface area contributed by atoms with Gasteiger partial charge in [-0.25, -0.2) is 0 Å². The fourth-order valence-electron chi connectivity index (χ4n) is 2.32. The van der Waals surface area contributed by atoms with Gasteiger partial charge in [0.25, 0.3) is 0 Å². The average molecular weight is 216 g/mol. The van der Waals surface area contributed by atoms with Gasteiger partial charge in [0.2, 0.25) is 0 Å². The first-order valence-corrected chi connectivity index (χ1v) is 5.46. The minimum Gasteiger partial charge on any atom is -0.469 e. The van der Waals surface area contributed by atoms with Crippen molar-refractivity contribution in [3.8, 4) is 0 Å². The fourth-order valence-corrected chi connectivity index (χ4v) is 2.32. The van der Waals surface area contributed by atoms with Crippen molar-refractivity contribution in [1.29, 1.82) is 0 Å². The number of rotatable bonds is 2. The van der Waals surface area contributed by atoms with E-state index in [0.717, 1.165) is 0 Å². The molecule has 1 aliphatic rings. The monoisotopic (exact) mass is 216 g/mol. The Morgan fingerprint density at radius 2 is 2.13 bits per heavy atom. The molecule has 0 unspecified atom stereocenters. The normalized spacial score (nSPS) is 37.1. The molecule has 0 radical (unpaired) electrons. The highest BCUT2D eigenvalue weighted by molar-refractivity contribution is 5.72. The van der Waals surface area contributed by atoms with Gasteiger partial charge >= 0.3 is 5.97 Å². The molecule has 4 heteroatoms. The van der Waals surface area contributed by atoms with E-state index in [1.54, 1.807) is 0 Å². The van der Waals surface area contributed by atoms with Crippen LogP contribution in [-0.2, 0) is 9.53 Å². The summed E-state index contributed by atoms with van der Waals surface area (Å²) in [5.41, 5.74) is 0. The molecule has 0 heterocycles. The Hall–Kier alpha value is -0.610. The number of aliphatic hydroxyl groups excluding tert-OH is 2. The third-order valence-corrected chi connectivity index (χ3v) is 3.43. The number of ether oxygens (including phenoxy) is 1.